The summed E-state index contributed by atoms with van der Waals surface area (Å²) in [5.74, 6) is 0.0370. The van der Waals surface area contributed by atoms with Gasteiger partial charge in [-0.05, 0) is 85.6 Å². The highest BCUT2D eigenvalue weighted by molar-refractivity contribution is 5.63. The molecule has 1 aliphatic carbocycles. The Balaban J connectivity index is 1.50. The molecule has 0 bridgehead atoms. The lowest BCUT2D eigenvalue weighted by Gasteiger charge is -2.26. The summed E-state index contributed by atoms with van der Waals surface area (Å²) in [7, 11) is 0. The van der Waals surface area contributed by atoms with E-state index < -0.39 is 11.6 Å². The molecule has 2 heteroatoms. The Morgan fingerprint density at radius 1 is 0.885 bits per heavy atom. The average Bonchev–Trinajstić information content (AvgIpc) is 2.68. The summed E-state index contributed by atoms with van der Waals surface area (Å²) in [6.07, 6.45) is 13.5. The van der Waals surface area contributed by atoms with Crippen LogP contribution in [0.25, 0.3) is 11.1 Å². The molecule has 0 heterocycles. The van der Waals surface area contributed by atoms with Gasteiger partial charge >= 0.3 is 0 Å². The molecule has 0 aromatic heterocycles. The Morgan fingerprint density at radius 2 is 1.58 bits per heavy atom. The van der Waals surface area contributed by atoms with Gasteiger partial charge in [-0.1, -0.05) is 49.4 Å². The van der Waals surface area contributed by atoms with E-state index in [9.17, 15) is 8.78 Å². The van der Waals surface area contributed by atoms with E-state index in [2.05, 4.69) is 31.2 Å². The van der Waals surface area contributed by atoms with Crippen molar-refractivity contribution in [1.82, 2.24) is 0 Å². The Morgan fingerprint density at radius 3 is 2.23 bits per heavy atom. The molecular formula is C24H28F2. The fourth-order valence-electron chi connectivity index (χ4n) is 3.91. The maximum absolute atomic E-state index is 13.4. The molecule has 2 aromatic rings. The Labute approximate surface area is 156 Å². The summed E-state index contributed by atoms with van der Waals surface area (Å²) in [5.41, 5.74) is 2.97. The summed E-state index contributed by atoms with van der Waals surface area (Å²) < 4.78 is 26.5. The van der Waals surface area contributed by atoms with Crippen LogP contribution in [0, 0.1) is 23.5 Å². The first-order valence-electron chi connectivity index (χ1n) is 9.86. The van der Waals surface area contributed by atoms with Gasteiger partial charge in [-0.25, -0.2) is 8.78 Å². The van der Waals surface area contributed by atoms with Gasteiger partial charge in [0, 0.05) is 0 Å². The minimum absolute atomic E-state index is 0.717. The van der Waals surface area contributed by atoms with E-state index >= 15 is 0 Å². The fourth-order valence-corrected chi connectivity index (χ4v) is 3.91. The molecule has 0 amide bonds. The van der Waals surface area contributed by atoms with Crippen LogP contribution in [0.5, 0.6) is 0 Å². The number of aryl methyl sites for hydroxylation is 1. The molecule has 0 nitrogen and oxygen atoms in total. The van der Waals surface area contributed by atoms with Gasteiger partial charge in [-0.15, -0.1) is 0 Å². The Kier molecular flexibility index (Phi) is 6.60. The van der Waals surface area contributed by atoms with Crippen LogP contribution >= 0.6 is 0 Å². The van der Waals surface area contributed by atoms with Crippen LogP contribution in [0.1, 0.15) is 51.0 Å². The molecule has 0 atom stereocenters. The zero-order valence-corrected chi connectivity index (χ0v) is 15.6. The zero-order chi connectivity index (χ0) is 18.4. The van der Waals surface area contributed by atoms with Gasteiger partial charge < -0.3 is 0 Å². The van der Waals surface area contributed by atoms with Crippen molar-refractivity contribution in [2.24, 2.45) is 11.8 Å². The minimum Gasteiger partial charge on any atom is -0.204 e. The smallest absolute Gasteiger partial charge is 0.159 e. The quantitative estimate of drug-likeness (QED) is 0.476. The number of benzene rings is 2. The van der Waals surface area contributed by atoms with E-state index in [1.54, 1.807) is 6.07 Å². The molecule has 2 aromatic carbocycles. The molecular weight excluding hydrogens is 326 g/mol. The first-order chi connectivity index (χ1) is 12.7. The van der Waals surface area contributed by atoms with Crippen molar-refractivity contribution >= 4 is 0 Å². The lowest BCUT2D eigenvalue weighted by molar-refractivity contribution is 0.296. The monoisotopic (exact) mass is 354 g/mol. The molecule has 0 saturated heterocycles. The summed E-state index contributed by atoms with van der Waals surface area (Å²) in [5, 5.41) is 0. The second kappa shape index (κ2) is 9.12. The molecule has 0 spiro atoms. The van der Waals surface area contributed by atoms with Crippen LogP contribution in [0.2, 0.25) is 0 Å². The van der Waals surface area contributed by atoms with Crippen LogP contribution in [0.3, 0.4) is 0 Å². The molecule has 0 unspecified atom stereocenters. The van der Waals surface area contributed by atoms with E-state index in [0.29, 0.717) is 5.56 Å². The third-order valence-corrected chi connectivity index (χ3v) is 5.58. The molecule has 1 saturated carbocycles. The fraction of sp³-hybridized carbons (Fsp3) is 0.417. The molecule has 26 heavy (non-hydrogen) atoms. The third-order valence-electron chi connectivity index (χ3n) is 5.58. The highest BCUT2D eigenvalue weighted by Crippen LogP contribution is 2.32. The first kappa shape index (κ1) is 18.8. The number of rotatable bonds is 6. The van der Waals surface area contributed by atoms with E-state index in [0.717, 1.165) is 30.2 Å². The number of hydrogen-bond donors (Lipinski definition) is 0. The van der Waals surface area contributed by atoms with Gasteiger partial charge in [0.05, 0.1) is 0 Å². The van der Waals surface area contributed by atoms with Gasteiger partial charge in [0.1, 0.15) is 0 Å². The normalized spacial score (nSPS) is 20.6. The topological polar surface area (TPSA) is 0 Å². The first-order valence-corrected chi connectivity index (χ1v) is 9.86. The van der Waals surface area contributed by atoms with Crippen LogP contribution in [0.15, 0.2) is 54.6 Å². The van der Waals surface area contributed by atoms with Crippen molar-refractivity contribution in [3.05, 3.63) is 71.8 Å². The van der Waals surface area contributed by atoms with Crippen LogP contribution in [-0.2, 0) is 6.42 Å². The van der Waals surface area contributed by atoms with Crippen molar-refractivity contribution in [2.45, 2.75) is 51.9 Å². The summed E-state index contributed by atoms with van der Waals surface area (Å²) in [6.45, 7) is 2.19. The highest BCUT2D eigenvalue weighted by Gasteiger charge is 2.19. The van der Waals surface area contributed by atoms with E-state index in [1.807, 2.05) is 12.1 Å². The highest BCUT2D eigenvalue weighted by atomic mass is 19.2. The zero-order valence-electron chi connectivity index (χ0n) is 15.6. The molecule has 0 N–H and O–H groups in total. The largest absolute Gasteiger partial charge is 0.204 e. The maximum Gasteiger partial charge on any atom is 0.159 e. The number of hydrogen-bond acceptors (Lipinski definition) is 0. The average molecular weight is 354 g/mol. The van der Waals surface area contributed by atoms with Gasteiger partial charge in [-0.2, -0.15) is 0 Å². The SMILES string of the molecule is CCC=CC1CCC(CCc2ccc(-c3ccc(F)c(F)c3)cc2)CC1. The summed E-state index contributed by atoms with van der Waals surface area (Å²) in [4.78, 5) is 0. The minimum atomic E-state index is -0.801. The molecule has 1 fully saturated rings. The Hall–Kier alpha value is -1.96. The van der Waals surface area contributed by atoms with Gasteiger partial charge in [0.25, 0.3) is 0 Å². The second-order valence-corrected chi connectivity index (χ2v) is 7.48. The Bertz CT molecular complexity index is 722. The van der Waals surface area contributed by atoms with Crippen molar-refractivity contribution in [2.75, 3.05) is 0 Å². The lowest BCUT2D eigenvalue weighted by Crippen LogP contribution is -2.13. The predicted molar refractivity (Wildman–Crippen MR) is 105 cm³/mol. The van der Waals surface area contributed by atoms with E-state index in [4.69, 9.17) is 0 Å². The predicted octanol–water partition coefficient (Wildman–Crippen LogP) is 7.34. The van der Waals surface area contributed by atoms with Gasteiger partial charge in [0.15, 0.2) is 11.6 Å². The number of halogens is 2. The molecule has 3 rings (SSSR count). The summed E-state index contributed by atoms with van der Waals surface area (Å²) >= 11 is 0. The second-order valence-electron chi connectivity index (χ2n) is 7.48. The molecule has 0 aliphatic heterocycles. The lowest BCUT2D eigenvalue weighted by atomic mass is 9.79. The molecule has 138 valence electrons. The van der Waals surface area contributed by atoms with Crippen molar-refractivity contribution in [1.29, 1.82) is 0 Å². The molecule has 1 aliphatic rings. The van der Waals surface area contributed by atoms with Crippen LogP contribution in [0.4, 0.5) is 8.78 Å². The molecule has 0 radical (unpaired) electrons. The third kappa shape index (κ3) is 5.03. The van der Waals surface area contributed by atoms with E-state index in [1.165, 1.54) is 49.8 Å². The van der Waals surface area contributed by atoms with E-state index in [-0.39, 0.29) is 0 Å². The number of allylic oxidation sites excluding steroid dienone is 2. The van der Waals surface area contributed by atoms with Crippen LogP contribution < -0.4 is 0 Å². The summed E-state index contributed by atoms with van der Waals surface area (Å²) in [6, 6.07) is 12.3. The maximum atomic E-state index is 13.4. The van der Waals surface area contributed by atoms with Crippen molar-refractivity contribution in [3.63, 3.8) is 0 Å². The van der Waals surface area contributed by atoms with Crippen molar-refractivity contribution in [3.8, 4) is 11.1 Å². The van der Waals surface area contributed by atoms with Crippen LogP contribution in [-0.4, -0.2) is 0 Å². The standard InChI is InChI=1S/C24H28F2/c1-2-3-4-18-5-7-19(8-6-18)9-10-20-11-13-21(14-12-20)22-15-16-23(25)24(26)17-22/h3-4,11-19H,2,5-10H2,1H3. The van der Waals surface area contributed by atoms with Gasteiger partial charge in [0.2, 0.25) is 0 Å². The van der Waals surface area contributed by atoms with Crippen molar-refractivity contribution < 1.29 is 8.78 Å². The van der Waals surface area contributed by atoms with Gasteiger partial charge in [-0.3, -0.25) is 0 Å².